The van der Waals surface area contributed by atoms with E-state index in [4.69, 9.17) is 4.84 Å². The van der Waals surface area contributed by atoms with Crippen LogP contribution >= 0.6 is 11.9 Å². The van der Waals surface area contributed by atoms with E-state index in [1.165, 1.54) is 11.9 Å². The smallest absolute Gasteiger partial charge is 0.266 e. The van der Waals surface area contributed by atoms with Crippen molar-refractivity contribution in [3.8, 4) is 0 Å². The van der Waals surface area contributed by atoms with Crippen molar-refractivity contribution in [3.63, 3.8) is 0 Å². The van der Waals surface area contributed by atoms with Crippen molar-refractivity contribution in [2.75, 3.05) is 19.4 Å². The predicted octanol–water partition coefficient (Wildman–Crippen LogP) is 1.08. The Balaban J connectivity index is 2.03. The maximum absolute atomic E-state index is 11.8. The zero-order valence-corrected chi connectivity index (χ0v) is 10.1. The van der Waals surface area contributed by atoms with Gasteiger partial charge in [-0.15, -0.1) is 5.06 Å². The van der Waals surface area contributed by atoms with Crippen molar-refractivity contribution in [1.82, 2.24) is 9.79 Å². The molecule has 5 nitrogen and oxygen atoms in total. The van der Waals surface area contributed by atoms with E-state index in [9.17, 15) is 9.59 Å². The molecule has 1 heterocycles. The second-order valence-corrected chi connectivity index (χ2v) is 4.08. The average molecular weight is 252 g/mol. The van der Waals surface area contributed by atoms with Gasteiger partial charge in [-0.1, -0.05) is 24.1 Å². The summed E-state index contributed by atoms with van der Waals surface area (Å²) in [4.78, 5) is 28.8. The van der Waals surface area contributed by atoms with Gasteiger partial charge < -0.3 is 0 Å². The van der Waals surface area contributed by atoms with Gasteiger partial charge in [0.2, 0.25) is 0 Å². The third-order valence-electron chi connectivity index (χ3n) is 2.33. The Hall–Kier alpha value is -1.37. The lowest BCUT2D eigenvalue weighted by Crippen LogP contribution is -2.32. The summed E-state index contributed by atoms with van der Waals surface area (Å²) in [6.45, 7) is 0.834. The molecule has 1 aromatic rings. The van der Waals surface area contributed by atoms with Crippen LogP contribution in [0.3, 0.4) is 0 Å². The minimum atomic E-state index is -0.394. The fraction of sp³-hybridized carbons (Fsp3) is 0.273. The van der Waals surface area contributed by atoms with Gasteiger partial charge in [0.15, 0.2) is 0 Å². The second-order valence-electron chi connectivity index (χ2n) is 3.38. The first kappa shape index (κ1) is 12.1. The number of carbonyl (C=O) groups is 2. The molecule has 1 aliphatic heterocycles. The summed E-state index contributed by atoms with van der Waals surface area (Å²) in [5.74, 6) is -0.787. The van der Waals surface area contributed by atoms with E-state index in [2.05, 4.69) is 4.72 Å². The molecule has 0 fully saturated rings. The van der Waals surface area contributed by atoms with Crippen LogP contribution in [0.1, 0.15) is 20.7 Å². The maximum Gasteiger partial charge on any atom is 0.285 e. The van der Waals surface area contributed by atoms with Crippen LogP contribution in [0.25, 0.3) is 0 Å². The lowest BCUT2D eigenvalue weighted by molar-refractivity contribution is -0.0887. The van der Waals surface area contributed by atoms with Crippen LogP contribution in [0.2, 0.25) is 0 Å². The molecule has 2 rings (SSSR count). The molecule has 17 heavy (non-hydrogen) atoms. The zero-order chi connectivity index (χ0) is 12.3. The molecule has 0 unspecified atom stereocenters. The molecule has 2 amide bonds. The van der Waals surface area contributed by atoms with Crippen LogP contribution in [0.15, 0.2) is 24.3 Å². The molecule has 6 heteroatoms. The topological polar surface area (TPSA) is 58.6 Å². The number of amides is 2. The number of benzene rings is 1. The van der Waals surface area contributed by atoms with Crippen LogP contribution in [0, 0.1) is 0 Å². The standard InChI is InChI=1S/C11H12N2O3S/c1-17-12-6-7-16-13-10(14)8-4-2-3-5-9(8)11(13)15/h2-5,12H,6-7H2,1H3. The molecule has 0 aromatic heterocycles. The molecule has 0 bridgehead atoms. The molecule has 0 radical (unpaired) electrons. The van der Waals surface area contributed by atoms with Gasteiger partial charge >= 0.3 is 0 Å². The van der Waals surface area contributed by atoms with E-state index in [1.54, 1.807) is 24.3 Å². The summed E-state index contributed by atoms with van der Waals surface area (Å²) in [5, 5.41) is 0.826. The van der Waals surface area contributed by atoms with Gasteiger partial charge in [0, 0.05) is 6.54 Å². The number of hydrogen-bond donors (Lipinski definition) is 1. The Kier molecular flexibility index (Phi) is 3.78. The predicted molar refractivity (Wildman–Crippen MR) is 64.4 cm³/mol. The summed E-state index contributed by atoms with van der Waals surface area (Å²) >= 11 is 1.45. The number of fused-ring (bicyclic) bond motifs is 1. The minimum Gasteiger partial charge on any atom is -0.266 e. The maximum atomic E-state index is 11.8. The van der Waals surface area contributed by atoms with Crippen molar-refractivity contribution >= 4 is 23.8 Å². The van der Waals surface area contributed by atoms with Gasteiger partial charge in [0.05, 0.1) is 17.7 Å². The third-order valence-corrected chi connectivity index (χ3v) is 2.82. The van der Waals surface area contributed by atoms with E-state index in [1.807, 2.05) is 6.26 Å². The molecule has 0 atom stereocenters. The van der Waals surface area contributed by atoms with E-state index in [-0.39, 0.29) is 6.61 Å². The molecule has 1 aromatic carbocycles. The Morgan fingerprint density at radius 3 is 2.35 bits per heavy atom. The molecule has 0 saturated carbocycles. The number of nitrogens with one attached hydrogen (secondary N) is 1. The highest BCUT2D eigenvalue weighted by Crippen LogP contribution is 2.22. The summed E-state index contributed by atoms with van der Waals surface area (Å²) in [6, 6.07) is 6.70. The Morgan fingerprint density at radius 2 is 1.82 bits per heavy atom. The monoisotopic (exact) mass is 252 g/mol. The van der Waals surface area contributed by atoms with E-state index in [0.29, 0.717) is 17.7 Å². The van der Waals surface area contributed by atoms with Gasteiger partial charge in [0.1, 0.15) is 0 Å². The fourth-order valence-electron chi connectivity index (χ4n) is 1.57. The van der Waals surface area contributed by atoms with Gasteiger partial charge in [-0.25, -0.2) is 0 Å². The van der Waals surface area contributed by atoms with Crippen molar-refractivity contribution < 1.29 is 14.4 Å². The highest BCUT2D eigenvalue weighted by Gasteiger charge is 2.36. The van der Waals surface area contributed by atoms with Gasteiger partial charge in [-0.2, -0.15) is 0 Å². The molecule has 90 valence electrons. The zero-order valence-electron chi connectivity index (χ0n) is 9.30. The second kappa shape index (κ2) is 5.31. The highest BCUT2D eigenvalue weighted by molar-refractivity contribution is 7.96. The van der Waals surface area contributed by atoms with Crippen molar-refractivity contribution in [1.29, 1.82) is 0 Å². The third kappa shape index (κ3) is 2.33. The van der Waals surface area contributed by atoms with Crippen LogP contribution in [0.5, 0.6) is 0 Å². The number of rotatable bonds is 5. The van der Waals surface area contributed by atoms with Crippen LogP contribution < -0.4 is 4.72 Å². The number of nitrogens with zero attached hydrogens (tertiary/aromatic N) is 1. The average Bonchev–Trinajstić information content (AvgIpc) is 2.60. The normalized spacial score (nSPS) is 14.3. The van der Waals surface area contributed by atoms with Crippen LogP contribution in [0.4, 0.5) is 0 Å². The largest absolute Gasteiger partial charge is 0.285 e. The quantitative estimate of drug-likeness (QED) is 0.483. The van der Waals surface area contributed by atoms with Gasteiger partial charge in [-0.05, 0) is 18.4 Å². The molecule has 1 N–H and O–H groups in total. The minimum absolute atomic E-state index is 0.270. The number of carbonyl (C=O) groups excluding carboxylic acids is 2. The Bertz CT molecular complexity index is 415. The van der Waals surface area contributed by atoms with Crippen molar-refractivity contribution in [2.45, 2.75) is 0 Å². The van der Waals surface area contributed by atoms with Gasteiger partial charge in [-0.3, -0.25) is 19.1 Å². The Labute approximate surface area is 103 Å². The summed E-state index contributed by atoms with van der Waals surface area (Å²) in [6.07, 6.45) is 1.89. The van der Waals surface area contributed by atoms with Crippen LogP contribution in [-0.4, -0.2) is 36.3 Å². The highest BCUT2D eigenvalue weighted by atomic mass is 32.2. The first-order valence-electron chi connectivity index (χ1n) is 5.12. The molecule has 0 saturated heterocycles. The van der Waals surface area contributed by atoms with E-state index in [0.717, 1.165) is 5.06 Å². The first-order chi connectivity index (χ1) is 8.25. The Morgan fingerprint density at radius 1 is 1.24 bits per heavy atom. The van der Waals surface area contributed by atoms with Crippen molar-refractivity contribution in [2.24, 2.45) is 0 Å². The first-order valence-corrected chi connectivity index (χ1v) is 6.34. The SMILES string of the molecule is CSNCCON1C(=O)c2ccccc2C1=O. The summed E-state index contributed by atoms with van der Waals surface area (Å²) in [7, 11) is 0. The van der Waals surface area contributed by atoms with Gasteiger partial charge in [0.25, 0.3) is 11.8 Å². The lowest BCUT2D eigenvalue weighted by atomic mass is 10.1. The number of hydrogen-bond acceptors (Lipinski definition) is 5. The van der Waals surface area contributed by atoms with Crippen LogP contribution in [-0.2, 0) is 4.84 Å². The number of hydroxylamine groups is 2. The lowest BCUT2D eigenvalue weighted by Gasteiger charge is -2.12. The van der Waals surface area contributed by atoms with E-state index >= 15 is 0 Å². The number of imide groups is 1. The molecule has 0 aliphatic carbocycles. The summed E-state index contributed by atoms with van der Waals surface area (Å²) in [5.41, 5.74) is 0.797. The molecule has 1 aliphatic rings. The molecule has 0 spiro atoms. The van der Waals surface area contributed by atoms with E-state index < -0.39 is 11.8 Å². The molecular weight excluding hydrogens is 240 g/mol. The fourth-order valence-corrected chi connectivity index (χ4v) is 1.85. The molecular formula is C11H12N2O3S. The van der Waals surface area contributed by atoms with Crippen molar-refractivity contribution in [3.05, 3.63) is 35.4 Å². The summed E-state index contributed by atoms with van der Waals surface area (Å²) < 4.78 is 2.97.